The quantitative estimate of drug-likeness (QED) is 0.127. The Labute approximate surface area is 222 Å². The molecule has 0 radical (unpaired) electrons. The number of hydrogen-bond donors (Lipinski definition) is 0. The first-order valence-electron chi connectivity index (χ1n) is 10.3. The van der Waals surface area contributed by atoms with Crippen molar-refractivity contribution in [1.29, 1.82) is 0 Å². The maximum atomic E-state index is 11.9. The van der Waals surface area contributed by atoms with Crippen LogP contribution in [0.15, 0.2) is 18.2 Å². The summed E-state index contributed by atoms with van der Waals surface area (Å²) in [7, 11) is 0. The van der Waals surface area contributed by atoms with Gasteiger partial charge in [-0.1, -0.05) is 31.9 Å². The molecule has 0 aromatic heterocycles. The first-order chi connectivity index (χ1) is 16.8. The van der Waals surface area contributed by atoms with E-state index in [0.717, 1.165) is 27.7 Å². The van der Waals surface area contributed by atoms with Crippen LogP contribution in [-0.2, 0) is 42.9 Å². The topological polar surface area (TPSA) is 167 Å². The highest BCUT2D eigenvalue weighted by atomic mass is 79.9. The first-order valence-corrected chi connectivity index (χ1v) is 12.2. The predicted molar refractivity (Wildman–Crippen MR) is 126 cm³/mol. The van der Waals surface area contributed by atoms with Gasteiger partial charge in [0, 0.05) is 45.4 Å². The molecule has 1 heterocycles. The van der Waals surface area contributed by atoms with Crippen molar-refractivity contribution in [2.24, 2.45) is 0 Å². The number of nitro benzene ring substituents is 1. The number of nitrogens with zero attached hydrogens (tertiary/aromatic N) is 1. The normalized spacial score (nSPS) is 23.4. The molecule has 198 valence electrons. The molecule has 1 aromatic carbocycles. The SMILES string of the molecule is CC(=O)OC[C@H]1O[C@H](Oc2ccc([N+](=O)[O-])cc2C(Br)Br)[C@H](OC(C)=O)[C@@H](OC(C)=O)[C@H]1OC(C)=O. The Bertz CT molecular complexity index is 1020. The molecule has 1 fully saturated rings. The minimum Gasteiger partial charge on any atom is -0.463 e. The van der Waals surface area contributed by atoms with E-state index in [-0.39, 0.29) is 17.0 Å². The number of nitro groups is 1. The fraction of sp³-hybridized carbons (Fsp3) is 0.524. The molecule has 0 bridgehead atoms. The van der Waals surface area contributed by atoms with Gasteiger partial charge in [-0.15, -0.1) is 0 Å². The van der Waals surface area contributed by atoms with Crippen molar-refractivity contribution in [2.75, 3.05) is 6.61 Å². The van der Waals surface area contributed by atoms with Crippen molar-refractivity contribution in [3.05, 3.63) is 33.9 Å². The van der Waals surface area contributed by atoms with Gasteiger partial charge in [0.1, 0.15) is 18.5 Å². The van der Waals surface area contributed by atoms with Gasteiger partial charge in [0.05, 0.1) is 8.66 Å². The fourth-order valence-corrected chi connectivity index (χ4v) is 4.05. The minimum absolute atomic E-state index is 0.0836. The number of hydrogen-bond acceptors (Lipinski definition) is 12. The van der Waals surface area contributed by atoms with Crippen LogP contribution >= 0.6 is 31.9 Å². The van der Waals surface area contributed by atoms with E-state index < -0.39 is 69.8 Å². The molecule has 1 aromatic rings. The lowest BCUT2D eigenvalue weighted by atomic mass is 9.98. The highest BCUT2D eigenvalue weighted by Crippen LogP contribution is 2.40. The van der Waals surface area contributed by atoms with E-state index in [1.54, 1.807) is 0 Å². The van der Waals surface area contributed by atoms with Gasteiger partial charge >= 0.3 is 23.9 Å². The minimum atomic E-state index is -1.48. The molecule has 1 aliphatic rings. The van der Waals surface area contributed by atoms with Crippen molar-refractivity contribution in [1.82, 2.24) is 0 Å². The molecule has 0 N–H and O–H groups in total. The van der Waals surface area contributed by atoms with Crippen molar-refractivity contribution in [3.8, 4) is 5.75 Å². The number of non-ortho nitro benzene ring substituents is 1. The van der Waals surface area contributed by atoms with Crippen LogP contribution in [0.2, 0.25) is 0 Å². The molecule has 0 aliphatic carbocycles. The van der Waals surface area contributed by atoms with E-state index >= 15 is 0 Å². The smallest absolute Gasteiger partial charge is 0.303 e. The Morgan fingerprint density at radius 1 is 0.944 bits per heavy atom. The van der Waals surface area contributed by atoms with Crippen molar-refractivity contribution in [2.45, 2.75) is 62.1 Å². The zero-order valence-corrected chi connectivity index (χ0v) is 22.7. The highest BCUT2D eigenvalue weighted by Gasteiger charge is 2.53. The Morgan fingerprint density at radius 3 is 2.00 bits per heavy atom. The highest BCUT2D eigenvalue weighted by molar-refractivity contribution is 9.24. The summed E-state index contributed by atoms with van der Waals surface area (Å²) in [6, 6.07) is 3.73. The summed E-state index contributed by atoms with van der Waals surface area (Å²) in [5.41, 5.74) is 0.0693. The molecule has 13 nitrogen and oxygen atoms in total. The number of carbonyl (C=O) groups excluding carboxylic acids is 4. The molecule has 0 amide bonds. The third-order valence-corrected chi connectivity index (χ3v) is 5.62. The Kier molecular flexibility index (Phi) is 10.6. The second-order valence-electron chi connectivity index (χ2n) is 7.47. The lowest BCUT2D eigenvalue weighted by Crippen LogP contribution is -2.63. The maximum Gasteiger partial charge on any atom is 0.303 e. The monoisotopic (exact) mass is 639 g/mol. The van der Waals surface area contributed by atoms with Crippen LogP contribution in [0.5, 0.6) is 5.75 Å². The fourth-order valence-electron chi connectivity index (χ4n) is 3.34. The summed E-state index contributed by atoms with van der Waals surface area (Å²) in [6.45, 7) is 4.02. The summed E-state index contributed by atoms with van der Waals surface area (Å²) >= 11 is 6.55. The third kappa shape index (κ3) is 8.13. The van der Waals surface area contributed by atoms with Crippen LogP contribution < -0.4 is 4.74 Å². The molecular weight excluding hydrogens is 618 g/mol. The van der Waals surface area contributed by atoms with E-state index in [0.29, 0.717) is 0 Å². The van der Waals surface area contributed by atoms with E-state index in [1.807, 2.05) is 0 Å². The lowest BCUT2D eigenvalue weighted by molar-refractivity contribution is -0.385. The number of ether oxygens (including phenoxy) is 6. The van der Waals surface area contributed by atoms with Gasteiger partial charge in [0.15, 0.2) is 12.2 Å². The molecule has 5 atom stereocenters. The Balaban J connectivity index is 2.56. The zero-order chi connectivity index (χ0) is 27.2. The van der Waals surface area contributed by atoms with Crippen LogP contribution in [-0.4, -0.2) is 66.1 Å². The molecule has 15 heteroatoms. The summed E-state index contributed by atoms with van der Waals surface area (Å²) in [6.07, 6.45) is -6.89. The average Bonchev–Trinajstić information content (AvgIpc) is 2.75. The van der Waals surface area contributed by atoms with Crippen LogP contribution in [0.1, 0.15) is 37.0 Å². The van der Waals surface area contributed by atoms with Gasteiger partial charge in [-0.05, 0) is 6.07 Å². The van der Waals surface area contributed by atoms with Crippen molar-refractivity contribution in [3.63, 3.8) is 0 Å². The second kappa shape index (κ2) is 13.0. The van der Waals surface area contributed by atoms with Crippen LogP contribution in [0.4, 0.5) is 5.69 Å². The van der Waals surface area contributed by atoms with Gasteiger partial charge in [0.25, 0.3) is 5.69 Å². The van der Waals surface area contributed by atoms with Gasteiger partial charge in [0.2, 0.25) is 12.4 Å². The number of carbonyl (C=O) groups is 4. The summed E-state index contributed by atoms with van der Waals surface area (Å²) in [5.74, 6) is -2.94. The lowest BCUT2D eigenvalue weighted by Gasteiger charge is -2.44. The maximum absolute atomic E-state index is 11.9. The molecular formula is C21H23Br2NO12. The van der Waals surface area contributed by atoms with Gasteiger partial charge in [-0.2, -0.15) is 0 Å². The number of alkyl halides is 2. The van der Waals surface area contributed by atoms with Crippen molar-refractivity contribution >= 4 is 61.4 Å². The number of halogens is 2. The van der Waals surface area contributed by atoms with Crippen LogP contribution in [0, 0.1) is 10.1 Å². The summed E-state index contributed by atoms with van der Waals surface area (Å²) in [5, 5.41) is 11.2. The van der Waals surface area contributed by atoms with E-state index in [9.17, 15) is 29.3 Å². The van der Waals surface area contributed by atoms with E-state index in [1.165, 1.54) is 18.2 Å². The first kappa shape index (κ1) is 29.5. The van der Waals surface area contributed by atoms with Gasteiger partial charge in [-0.25, -0.2) is 0 Å². The summed E-state index contributed by atoms with van der Waals surface area (Å²) in [4.78, 5) is 57.7. The molecule has 0 saturated carbocycles. The number of benzene rings is 1. The Morgan fingerprint density at radius 2 is 1.50 bits per heavy atom. The molecule has 2 rings (SSSR count). The summed E-state index contributed by atoms with van der Waals surface area (Å²) < 4.78 is 32.2. The van der Waals surface area contributed by atoms with Crippen LogP contribution in [0.25, 0.3) is 0 Å². The molecule has 1 aliphatic heterocycles. The Hall–Kier alpha value is -2.78. The number of esters is 4. The third-order valence-electron chi connectivity index (χ3n) is 4.63. The van der Waals surface area contributed by atoms with Crippen LogP contribution in [0.3, 0.4) is 0 Å². The van der Waals surface area contributed by atoms with Gasteiger partial charge < -0.3 is 28.4 Å². The molecule has 36 heavy (non-hydrogen) atoms. The second-order valence-corrected chi connectivity index (χ2v) is 10.5. The molecule has 0 unspecified atom stereocenters. The van der Waals surface area contributed by atoms with Crippen molar-refractivity contribution < 1.29 is 52.5 Å². The molecule has 1 saturated heterocycles. The largest absolute Gasteiger partial charge is 0.463 e. The average molecular weight is 641 g/mol. The standard InChI is InChI=1S/C21H23Br2NO12/c1-9(25)31-8-16-17(32-10(2)26)18(33-11(3)27)19(34-12(4)28)21(36-16)35-15-6-5-13(24(29)30)7-14(15)20(22)23/h5-7,16-21H,8H2,1-4H3/t16-,17+,18+,19-,21+/m1/s1. The molecule has 0 spiro atoms. The van der Waals surface area contributed by atoms with Gasteiger partial charge in [-0.3, -0.25) is 29.3 Å². The van der Waals surface area contributed by atoms with E-state index in [2.05, 4.69) is 31.9 Å². The number of rotatable bonds is 9. The predicted octanol–water partition coefficient (Wildman–Crippen LogP) is 2.85. The zero-order valence-electron chi connectivity index (χ0n) is 19.5. The van der Waals surface area contributed by atoms with E-state index in [4.69, 9.17) is 28.4 Å².